The van der Waals surface area contributed by atoms with Gasteiger partial charge in [-0.05, 0) is 42.8 Å². The van der Waals surface area contributed by atoms with Crippen molar-refractivity contribution in [1.29, 1.82) is 0 Å². The molecule has 0 unspecified atom stereocenters. The zero-order valence-electron chi connectivity index (χ0n) is 15.3. The summed E-state index contributed by atoms with van der Waals surface area (Å²) in [7, 11) is 1.60. The van der Waals surface area contributed by atoms with Crippen molar-refractivity contribution < 1.29 is 9.53 Å². The molecule has 0 saturated heterocycles. The first-order valence-corrected chi connectivity index (χ1v) is 9.45. The van der Waals surface area contributed by atoms with E-state index in [1.165, 1.54) is 6.33 Å². The van der Waals surface area contributed by atoms with Crippen LogP contribution in [0.5, 0.6) is 5.75 Å². The van der Waals surface area contributed by atoms with Gasteiger partial charge in [-0.25, -0.2) is 4.68 Å². The van der Waals surface area contributed by atoms with E-state index in [2.05, 4.69) is 36.6 Å². The van der Waals surface area contributed by atoms with Crippen LogP contribution in [0.4, 0.5) is 11.6 Å². The minimum Gasteiger partial charge on any atom is -0.497 e. The van der Waals surface area contributed by atoms with E-state index in [0.717, 1.165) is 21.5 Å². The second-order valence-corrected chi connectivity index (χ2v) is 7.15. The van der Waals surface area contributed by atoms with Crippen LogP contribution in [0.15, 0.2) is 70.6 Å². The van der Waals surface area contributed by atoms with Crippen LogP contribution in [-0.4, -0.2) is 27.8 Å². The minimum atomic E-state index is -0.410. The number of nitrogens with zero attached hydrogens (tertiary/aromatic N) is 3. The van der Waals surface area contributed by atoms with Gasteiger partial charge in [0.2, 0.25) is 5.95 Å². The van der Waals surface area contributed by atoms with Gasteiger partial charge >= 0.3 is 0 Å². The summed E-state index contributed by atoms with van der Waals surface area (Å²) in [6, 6.07) is 14.6. The van der Waals surface area contributed by atoms with E-state index in [1.54, 1.807) is 36.1 Å². The molecule has 7 nitrogen and oxygen atoms in total. The number of rotatable bonds is 4. The van der Waals surface area contributed by atoms with Crippen LogP contribution in [0, 0.1) is 0 Å². The third-order valence-corrected chi connectivity index (χ3v) is 5.31. The van der Waals surface area contributed by atoms with E-state index in [-0.39, 0.29) is 5.91 Å². The van der Waals surface area contributed by atoms with Crippen molar-refractivity contribution in [2.75, 3.05) is 17.7 Å². The van der Waals surface area contributed by atoms with Gasteiger partial charge in [0, 0.05) is 15.9 Å². The molecule has 1 aliphatic heterocycles. The Labute approximate surface area is 170 Å². The molecule has 0 aliphatic carbocycles. The van der Waals surface area contributed by atoms with Crippen LogP contribution < -0.4 is 15.4 Å². The highest BCUT2D eigenvalue weighted by atomic mass is 79.9. The summed E-state index contributed by atoms with van der Waals surface area (Å²) < 4.78 is 7.78. The number of hydrogen-bond donors (Lipinski definition) is 2. The molecule has 142 valence electrons. The van der Waals surface area contributed by atoms with Gasteiger partial charge in [0.15, 0.2) is 0 Å². The summed E-state index contributed by atoms with van der Waals surface area (Å²) in [5.74, 6) is 1.11. The maximum Gasteiger partial charge on any atom is 0.255 e. The number of carbonyl (C=O) groups is 1. The fourth-order valence-electron chi connectivity index (χ4n) is 3.24. The van der Waals surface area contributed by atoms with E-state index in [4.69, 9.17) is 4.74 Å². The quantitative estimate of drug-likeness (QED) is 0.642. The average molecular weight is 440 g/mol. The largest absolute Gasteiger partial charge is 0.497 e. The number of amides is 1. The van der Waals surface area contributed by atoms with Gasteiger partial charge in [-0.1, -0.05) is 34.1 Å². The highest BCUT2D eigenvalue weighted by molar-refractivity contribution is 9.10. The molecule has 1 aromatic heterocycles. The predicted molar refractivity (Wildman–Crippen MR) is 110 cm³/mol. The maximum atomic E-state index is 13.2. The van der Waals surface area contributed by atoms with E-state index in [9.17, 15) is 4.79 Å². The van der Waals surface area contributed by atoms with Crippen molar-refractivity contribution in [1.82, 2.24) is 14.8 Å². The van der Waals surface area contributed by atoms with Crippen LogP contribution in [-0.2, 0) is 4.79 Å². The number of carbonyl (C=O) groups excluding carboxylic acids is 1. The Morgan fingerprint density at radius 2 is 1.96 bits per heavy atom. The Balaban J connectivity index is 1.74. The molecule has 1 amide bonds. The number of fused-ring (bicyclic) bond motifs is 1. The average Bonchev–Trinajstić information content (AvgIpc) is 3.16. The van der Waals surface area contributed by atoms with Gasteiger partial charge in [0.25, 0.3) is 5.91 Å². The minimum absolute atomic E-state index is 0.211. The lowest BCUT2D eigenvalue weighted by Crippen LogP contribution is -2.31. The van der Waals surface area contributed by atoms with E-state index in [1.807, 2.05) is 31.2 Å². The zero-order valence-corrected chi connectivity index (χ0v) is 16.9. The summed E-state index contributed by atoms with van der Waals surface area (Å²) in [4.78, 5) is 17.5. The van der Waals surface area contributed by atoms with Crippen LogP contribution >= 0.6 is 15.9 Å². The molecular weight excluding hydrogens is 422 g/mol. The van der Waals surface area contributed by atoms with Gasteiger partial charge in [-0.3, -0.25) is 4.79 Å². The van der Waals surface area contributed by atoms with Crippen LogP contribution in [0.25, 0.3) is 0 Å². The Morgan fingerprint density at radius 3 is 2.68 bits per heavy atom. The molecule has 0 radical (unpaired) electrons. The van der Waals surface area contributed by atoms with Gasteiger partial charge < -0.3 is 15.4 Å². The number of hydrogen-bond acceptors (Lipinski definition) is 5. The Hall–Kier alpha value is -3.13. The fraction of sp³-hybridized carbons (Fsp3) is 0.150. The van der Waals surface area contributed by atoms with Crippen molar-refractivity contribution in [3.63, 3.8) is 0 Å². The molecule has 4 rings (SSSR count). The summed E-state index contributed by atoms with van der Waals surface area (Å²) in [5.41, 5.74) is 2.91. The second kappa shape index (κ2) is 7.47. The first-order chi connectivity index (χ1) is 13.6. The molecule has 0 saturated carbocycles. The van der Waals surface area contributed by atoms with Gasteiger partial charge in [0.1, 0.15) is 18.1 Å². The van der Waals surface area contributed by atoms with Crippen molar-refractivity contribution in [2.45, 2.75) is 13.0 Å². The lowest BCUT2D eigenvalue weighted by atomic mass is 9.95. The molecule has 2 aromatic carbocycles. The molecule has 8 heteroatoms. The number of benzene rings is 2. The lowest BCUT2D eigenvalue weighted by Gasteiger charge is -2.29. The van der Waals surface area contributed by atoms with Gasteiger partial charge in [-0.15, -0.1) is 0 Å². The van der Waals surface area contributed by atoms with Gasteiger partial charge in [-0.2, -0.15) is 10.1 Å². The number of aromatic nitrogens is 3. The van der Waals surface area contributed by atoms with E-state index >= 15 is 0 Å². The molecule has 0 fully saturated rings. The summed E-state index contributed by atoms with van der Waals surface area (Å²) >= 11 is 3.60. The Bertz CT molecular complexity index is 1060. The first kappa shape index (κ1) is 18.2. The summed E-state index contributed by atoms with van der Waals surface area (Å²) in [5, 5.41) is 10.5. The number of anilines is 2. The smallest absolute Gasteiger partial charge is 0.255 e. The number of nitrogens with one attached hydrogen (secondary N) is 2. The standard InChI is InChI=1S/C20H18BrN5O2/c1-12-17(19(27)25-13-7-9-14(28-2)10-8-13)18(15-5-3-4-6-16(15)21)26-20(24-12)22-11-23-26/h3-11,18H,1-2H3,(H,25,27)(H,22,23,24)/t18-/m1/s1. The number of ether oxygens (including phenoxy) is 1. The highest BCUT2D eigenvalue weighted by Crippen LogP contribution is 2.38. The van der Waals surface area contributed by atoms with Crippen molar-refractivity contribution in [2.24, 2.45) is 0 Å². The Kier molecular flexibility index (Phi) is 4.87. The van der Waals surface area contributed by atoms with Crippen LogP contribution in [0.1, 0.15) is 18.5 Å². The summed E-state index contributed by atoms with van der Waals surface area (Å²) in [6.07, 6.45) is 1.48. The third-order valence-electron chi connectivity index (χ3n) is 4.59. The number of allylic oxidation sites excluding steroid dienone is 1. The molecule has 1 aliphatic rings. The zero-order chi connectivity index (χ0) is 19.7. The molecular formula is C20H18BrN5O2. The lowest BCUT2D eigenvalue weighted by molar-refractivity contribution is -0.113. The second-order valence-electron chi connectivity index (χ2n) is 6.30. The van der Waals surface area contributed by atoms with Crippen LogP contribution in [0.2, 0.25) is 0 Å². The Morgan fingerprint density at radius 1 is 1.21 bits per heavy atom. The molecule has 2 heterocycles. The molecule has 1 atom stereocenters. The van der Waals surface area contributed by atoms with Crippen molar-refractivity contribution >= 4 is 33.5 Å². The highest BCUT2D eigenvalue weighted by Gasteiger charge is 2.34. The topological polar surface area (TPSA) is 81.1 Å². The summed E-state index contributed by atoms with van der Waals surface area (Å²) in [6.45, 7) is 1.87. The number of methoxy groups -OCH3 is 1. The van der Waals surface area contributed by atoms with Crippen LogP contribution in [0.3, 0.4) is 0 Å². The molecule has 0 bridgehead atoms. The number of halogens is 1. The molecule has 2 N–H and O–H groups in total. The normalized spacial score (nSPS) is 15.6. The fourth-order valence-corrected chi connectivity index (χ4v) is 3.74. The molecule has 0 spiro atoms. The monoisotopic (exact) mass is 439 g/mol. The molecule has 28 heavy (non-hydrogen) atoms. The van der Waals surface area contributed by atoms with E-state index < -0.39 is 6.04 Å². The first-order valence-electron chi connectivity index (χ1n) is 8.65. The molecule has 3 aromatic rings. The van der Waals surface area contributed by atoms with Crippen molar-refractivity contribution in [3.8, 4) is 5.75 Å². The van der Waals surface area contributed by atoms with Gasteiger partial charge in [0.05, 0.1) is 12.7 Å². The van der Waals surface area contributed by atoms with Crippen molar-refractivity contribution in [3.05, 3.63) is 76.2 Å². The predicted octanol–water partition coefficient (Wildman–Crippen LogP) is 3.98. The SMILES string of the molecule is COc1ccc(NC(=O)C2=C(C)Nc3ncnn3[C@@H]2c2ccccc2Br)cc1. The maximum absolute atomic E-state index is 13.2. The van der Waals surface area contributed by atoms with E-state index in [0.29, 0.717) is 17.2 Å². The third kappa shape index (κ3) is 3.27.